The second-order valence-corrected chi connectivity index (χ2v) is 9.61. The summed E-state index contributed by atoms with van der Waals surface area (Å²) in [6.45, 7) is 4.91. The van der Waals surface area contributed by atoms with Gasteiger partial charge in [-0.2, -0.15) is 0 Å². The van der Waals surface area contributed by atoms with Crippen LogP contribution in [0.4, 0.5) is 10.5 Å². The van der Waals surface area contributed by atoms with Crippen molar-refractivity contribution in [1.29, 1.82) is 0 Å². The van der Waals surface area contributed by atoms with Gasteiger partial charge in [0.1, 0.15) is 5.54 Å². The van der Waals surface area contributed by atoms with E-state index in [4.69, 9.17) is 11.6 Å². The van der Waals surface area contributed by atoms with E-state index in [1.807, 2.05) is 0 Å². The van der Waals surface area contributed by atoms with Crippen LogP contribution < -0.4 is 20.7 Å². The van der Waals surface area contributed by atoms with E-state index >= 15 is 0 Å². The lowest BCUT2D eigenvalue weighted by atomic mass is 9.92. The zero-order chi connectivity index (χ0) is 23.0. The highest BCUT2D eigenvalue weighted by Crippen LogP contribution is 2.27. The molecule has 4 amide bonds. The topological polar surface area (TPSA) is 133 Å². The Labute approximate surface area is 184 Å². The number of hydrogen-bond donors (Lipinski definition) is 4. The van der Waals surface area contributed by atoms with Crippen LogP contribution in [0.5, 0.6) is 0 Å². The first-order chi connectivity index (χ1) is 14.4. The van der Waals surface area contributed by atoms with Gasteiger partial charge in [0, 0.05) is 11.7 Å². The highest BCUT2D eigenvalue weighted by Gasteiger charge is 2.43. The first kappa shape index (κ1) is 22.7. The molecule has 4 N–H and O–H groups in total. The fourth-order valence-corrected chi connectivity index (χ4v) is 4.56. The molecule has 0 bridgehead atoms. The zero-order valence-corrected chi connectivity index (χ0v) is 18.5. The molecular weight excluding hydrogens is 444 g/mol. The summed E-state index contributed by atoms with van der Waals surface area (Å²) >= 11 is 6.13. The van der Waals surface area contributed by atoms with Crippen LogP contribution in [0.3, 0.4) is 0 Å². The van der Waals surface area contributed by atoms with Gasteiger partial charge >= 0.3 is 6.03 Å². The van der Waals surface area contributed by atoms with Gasteiger partial charge in [-0.3, -0.25) is 14.9 Å². The summed E-state index contributed by atoms with van der Waals surface area (Å²) in [5.41, 5.74) is -0.525. The average Bonchev–Trinajstić information content (AvgIpc) is 2.93. The smallest absolute Gasteiger partial charge is 0.322 e. The molecular formula is C20H21ClN4O5S. The van der Waals surface area contributed by atoms with Crippen LogP contribution in [0.25, 0.3) is 0 Å². The van der Waals surface area contributed by atoms with Crippen LogP contribution >= 0.6 is 11.6 Å². The highest BCUT2D eigenvalue weighted by molar-refractivity contribution is 7.89. The maximum atomic E-state index is 12.8. The Balaban J connectivity index is 1.88. The van der Waals surface area contributed by atoms with Crippen LogP contribution in [0.2, 0.25) is 5.02 Å². The van der Waals surface area contributed by atoms with Crippen molar-refractivity contribution in [3.05, 3.63) is 58.6 Å². The SMILES string of the molecule is CC(C)NS(=O)(=O)c1ccc(Cl)c(C(=O)Nc2cccc(C3(C)NC(=O)NC3=O)c2)c1. The van der Waals surface area contributed by atoms with Gasteiger partial charge in [0.05, 0.1) is 15.5 Å². The van der Waals surface area contributed by atoms with Crippen molar-refractivity contribution in [2.24, 2.45) is 0 Å². The minimum Gasteiger partial charge on any atom is -0.322 e. The number of rotatable bonds is 6. The third-order valence-electron chi connectivity index (χ3n) is 4.63. The number of imide groups is 1. The molecule has 0 aromatic heterocycles. The Kier molecular flexibility index (Phi) is 6.08. The standard InChI is InChI=1S/C20H21ClN4O5S/c1-11(2)25-31(29,30)14-7-8-16(21)15(10-14)17(26)22-13-6-4-5-12(9-13)20(3)18(27)23-19(28)24-20/h4-11,25H,1-3H3,(H,22,26)(H2,23,24,27,28). The third-order valence-corrected chi connectivity index (χ3v) is 6.61. The van der Waals surface area contributed by atoms with E-state index in [0.29, 0.717) is 11.3 Å². The first-order valence-corrected chi connectivity index (χ1v) is 11.2. The van der Waals surface area contributed by atoms with E-state index in [1.165, 1.54) is 24.3 Å². The number of sulfonamides is 1. The molecule has 2 aromatic carbocycles. The van der Waals surface area contributed by atoms with E-state index in [9.17, 15) is 22.8 Å². The molecule has 11 heteroatoms. The van der Waals surface area contributed by atoms with Gasteiger partial charge in [-0.05, 0) is 56.7 Å². The second-order valence-electron chi connectivity index (χ2n) is 7.49. The molecule has 0 spiro atoms. The number of benzene rings is 2. The molecule has 0 saturated carbocycles. The Morgan fingerprint density at radius 3 is 2.45 bits per heavy atom. The molecule has 1 heterocycles. The van der Waals surface area contributed by atoms with Crippen LogP contribution in [-0.4, -0.2) is 32.3 Å². The molecule has 1 aliphatic rings. The van der Waals surface area contributed by atoms with E-state index in [2.05, 4.69) is 20.7 Å². The van der Waals surface area contributed by atoms with Gasteiger partial charge in [-0.15, -0.1) is 0 Å². The van der Waals surface area contributed by atoms with Crippen molar-refractivity contribution >= 4 is 45.2 Å². The van der Waals surface area contributed by atoms with Gasteiger partial charge in [0.2, 0.25) is 10.0 Å². The Morgan fingerprint density at radius 2 is 1.84 bits per heavy atom. The van der Waals surface area contributed by atoms with Gasteiger partial charge in [0.15, 0.2) is 0 Å². The number of nitrogens with one attached hydrogen (secondary N) is 4. The lowest BCUT2D eigenvalue weighted by molar-refractivity contribution is -0.123. The molecule has 1 atom stereocenters. The molecule has 1 unspecified atom stereocenters. The summed E-state index contributed by atoms with van der Waals surface area (Å²) in [6, 6.07) is 9.29. The molecule has 3 rings (SSSR count). The number of halogens is 1. The fraction of sp³-hybridized carbons (Fsp3) is 0.250. The molecule has 9 nitrogen and oxygen atoms in total. The van der Waals surface area contributed by atoms with Crippen LogP contribution in [-0.2, 0) is 20.4 Å². The van der Waals surface area contributed by atoms with Gasteiger partial charge in [-0.25, -0.2) is 17.9 Å². The highest BCUT2D eigenvalue weighted by atomic mass is 35.5. The number of anilines is 1. The maximum Gasteiger partial charge on any atom is 0.322 e. The molecule has 1 aliphatic heterocycles. The molecule has 0 radical (unpaired) electrons. The number of urea groups is 1. The lowest BCUT2D eigenvalue weighted by Gasteiger charge is -2.21. The largest absolute Gasteiger partial charge is 0.322 e. The molecule has 1 saturated heterocycles. The summed E-state index contributed by atoms with van der Waals surface area (Å²) in [4.78, 5) is 36.4. The van der Waals surface area contributed by atoms with Crippen molar-refractivity contribution in [3.63, 3.8) is 0 Å². The molecule has 164 valence electrons. The van der Waals surface area contributed by atoms with E-state index < -0.39 is 33.4 Å². The van der Waals surface area contributed by atoms with Gasteiger partial charge in [0.25, 0.3) is 11.8 Å². The summed E-state index contributed by atoms with van der Waals surface area (Å²) in [6.07, 6.45) is 0. The normalized spacial score (nSPS) is 18.6. The van der Waals surface area contributed by atoms with Crippen LogP contribution in [0.1, 0.15) is 36.7 Å². The number of carbonyl (C=O) groups excluding carboxylic acids is 3. The quantitative estimate of drug-likeness (QED) is 0.487. The summed E-state index contributed by atoms with van der Waals surface area (Å²) in [7, 11) is -3.82. The van der Waals surface area contributed by atoms with Crippen LogP contribution in [0, 0.1) is 0 Å². The van der Waals surface area contributed by atoms with Crippen molar-refractivity contribution in [3.8, 4) is 0 Å². The monoisotopic (exact) mass is 464 g/mol. The van der Waals surface area contributed by atoms with E-state index in [-0.39, 0.29) is 21.5 Å². The van der Waals surface area contributed by atoms with Crippen LogP contribution in [0.15, 0.2) is 47.4 Å². The lowest BCUT2D eigenvalue weighted by Crippen LogP contribution is -2.40. The van der Waals surface area contributed by atoms with Crippen molar-refractivity contribution < 1.29 is 22.8 Å². The zero-order valence-electron chi connectivity index (χ0n) is 16.9. The van der Waals surface area contributed by atoms with Gasteiger partial charge in [-0.1, -0.05) is 23.7 Å². The summed E-state index contributed by atoms with van der Waals surface area (Å²) < 4.78 is 27.3. The minimum absolute atomic E-state index is 0.0307. The maximum absolute atomic E-state index is 12.8. The summed E-state index contributed by atoms with van der Waals surface area (Å²) in [5.74, 6) is -1.15. The van der Waals surface area contributed by atoms with Gasteiger partial charge < -0.3 is 10.6 Å². The molecule has 1 fully saturated rings. The molecule has 31 heavy (non-hydrogen) atoms. The predicted molar refractivity (Wildman–Crippen MR) is 115 cm³/mol. The minimum atomic E-state index is -3.82. The average molecular weight is 465 g/mol. The Morgan fingerprint density at radius 1 is 1.13 bits per heavy atom. The first-order valence-electron chi connectivity index (χ1n) is 9.30. The van der Waals surface area contributed by atoms with Crippen molar-refractivity contribution in [2.45, 2.75) is 37.2 Å². The Bertz CT molecular complexity index is 1180. The number of hydrogen-bond acceptors (Lipinski definition) is 5. The molecule has 0 aliphatic carbocycles. The predicted octanol–water partition coefficient (Wildman–Crippen LogP) is 2.33. The van der Waals surface area contributed by atoms with E-state index in [0.717, 1.165) is 0 Å². The molecule has 2 aromatic rings. The fourth-order valence-electron chi connectivity index (χ4n) is 3.08. The Hall–Kier alpha value is -2.95. The second kappa shape index (κ2) is 8.29. The summed E-state index contributed by atoms with van der Waals surface area (Å²) in [5, 5.41) is 7.44. The van der Waals surface area contributed by atoms with E-state index in [1.54, 1.807) is 39.0 Å². The third kappa shape index (κ3) is 4.71. The number of amides is 4. The van der Waals surface area contributed by atoms with Crippen molar-refractivity contribution in [1.82, 2.24) is 15.4 Å². The number of carbonyl (C=O) groups is 3. The van der Waals surface area contributed by atoms with Crippen molar-refractivity contribution in [2.75, 3.05) is 5.32 Å².